The van der Waals surface area contributed by atoms with Crippen molar-refractivity contribution in [1.29, 1.82) is 0 Å². The van der Waals surface area contributed by atoms with E-state index in [0.717, 1.165) is 11.1 Å². The number of hydrogen-bond acceptors (Lipinski definition) is 1. The average Bonchev–Trinajstić information content (AvgIpc) is 2.26. The Morgan fingerprint density at radius 1 is 1.31 bits per heavy atom. The standard InChI is InChI=1S/C14H16O2/c1-10(2)13(9-11(3)14(15)16)12-7-5-4-6-8-12/h4-9,13H,1H2,2-3H3,(H,15,16). The summed E-state index contributed by atoms with van der Waals surface area (Å²) in [6.07, 6.45) is 1.74. The molecule has 16 heavy (non-hydrogen) atoms. The summed E-state index contributed by atoms with van der Waals surface area (Å²) in [5, 5.41) is 8.86. The van der Waals surface area contributed by atoms with Crippen LogP contribution in [0.1, 0.15) is 25.3 Å². The number of allylic oxidation sites excluding steroid dienone is 2. The van der Waals surface area contributed by atoms with Crippen LogP contribution in [0.25, 0.3) is 0 Å². The number of rotatable bonds is 4. The smallest absolute Gasteiger partial charge is 0.330 e. The minimum Gasteiger partial charge on any atom is -0.478 e. The van der Waals surface area contributed by atoms with Gasteiger partial charge in [0.05, 0.1) is 0 Å². The SMILES string of the molecule is C=C(C)C(C=C(C)C(=O)O)c1ccccc1. The first-order chi connectivity index (χ1) is 7.52. The van der Waals surface area contributed by atoms with Gasteiger partial charge >= 0.3 is 5.97 Å². The highest BCUT2D eigenvalue weighted by atomic mass is 16.4. The maximum Gasteiger partial charge on any atom is 0.330 e. The predicted molar refractivity (Wildman–Crippen MR) is 65.4 cm³/mol. The Hall–Kier alpha value is -1.83. The van der Waals surface area contributed by atoms with Gasteiger partial charge in [0.25, 0.3) is 0 Å². The van der Waals surface area contributed by atoms with Crippen molar-refractivity contribution < 1.29 is 9.90 Å². The molecule has 0 aliphatic carbocycles. The highest BCUT2D eigenvalue weighted by Gasteiger charge is 2.11. The van der Waals surface area contributed by atoms with Crippen LogP contribution in [0.4, 0.5) is 0 Å². The molecule has 2 heteroatoms. The predicted octanol–water partition coefficient (Wildman–Crippen LogP) is 3.38. The second-order valence-electron chi connectivity index (χ2n) is 3.89. The molecule has 0 aliphatic rings. The van der Waals surface area contributed by atoms with Gasteiger partial charge in [-0.15, -0.1) is 0 Å². The highest BCUT2D eigenvalue weighted by Crippen LogP contribution is 2.25. The minimum atomic E-state index is -0.887. The van der Waals surface area contributed by atoms with Crippen LogP contribution < -0.4 is 0 Å². The van der Waals surface area contributed by atoms with Crippen molar-refractivity contribution in [3.8, 4) is 0 Å². The van der Waals surface area contributed by atoms with E-state index in [0.29, 0.717) is 5.57 Å². The zero-order chi connectivity index (χ0) is 12.1. The lowest BCUT2D eigenvalue weighted by molar-refractivity contribution is -0.132. The van der Waals surface area contributed by atoms with Crippen molar-refractivity contribution in [3.05, 3.63) is 59.7 Å². The van der Waals surface area contributed by atoms with Gasteiger partial charge in [-0.2, -0.15) is 0 Å². The van der Waals surface area contributed by atoms with Crippen molar-refractivity contribution in [2.75, 3.05) is 0 Å². The van der Waals surface area contributed by atoms with Crippen molar-refractivity contribution >= 4 is 5.97 Å². The van der Waals surface area contributed by atoms with Crippen molar-refractivity contribution in [2.45, 2.75) is 19.8 Å². The number of carbonyl (C=O) groups is 1. The van der Waals surface area contributed by atoms with Crippen molar-refractivity contribution in [2.24, 2.45) is 0 Å². The summed E-state index contributed by atoms with van der Waals surface area (Å²) in [6.45, 7) is 7.41. The first-order valence-electron chi connectivity index (χ1n) is 5.14. The molecule has 1 aromatic rings. The molecule has 1 aromatic carbocycles. The largest absolute Gasteiger partial charge is 0.478 e. The zero-order valence-corrected chi connectivity index (χ0v) is 9.60. The maximum absolute atomic E-state index is 10.8. The number of benzene rings is 1. The molecule has 2 nitrogen and oxygen atoms in total. The molecule has 1 rings (SSSR count). The van der Waals surface area contributed by atoms with Gasteiger partial charge in [0.2, 0.25) is 0 Å². The van der Waals surface area contributed by atoms with Crippen molar-refractivity contribution in [3.63, 3.8) is 0 Å². The van der Waals surface area contributed by atoms with Gasteiger partial charge in [0.15, 0.2) is 0 Å². The molecule has 0 saturated carbocycles. The lowest BCUT2D eigenvalue weighted by Gasteiger charge is -2.13. The molecule has 0 radical (unpaired) electrons. The molecule has 0 saturated heterocycles. The van der Waals surface area contributed by atoms with E-state index in [2.05, 4.69) is 6.58 Å². The van der Waals surface area contributed by atoms with Gasteiger partial charge < -0.3 is 5.11 Å². The number of carboxylic acids is 1. The van der Waals surface area contributed by atoms with E-state index >= 15 is 0 Å². The summed E-state index contributed by atoms with van der Waals surface area (Å²) in [6, 6.07) is 9.77. The summed E-state index contributed by atoms with van der Waals surface area (Å²) in [7, 11) is 0. The summed E-state index contributed by atoms with van der Waals surface area (Å²) < 4.78 is 0. The van der Waals surface area contributed by atoms with Crippen LogP contribution in [0.5, 0.6) is 0 Å². The van der Waals surface area contributed by atoms with Gasteiger partial charge in [-0.25, -0.2) is 4.79 Å². The Morgan fingerprint density at radius 3 is 2.31 bits per heavy atom. The van der Waals surface area contributed by atoms with Gasteiger partial charge in [-0.05, 0) is 19.4 Å². The minimum absolute atomic E-state index is 0.0303. The molecule has 1 atom stereocenters. The Bertz CT molecular complexity index is 416. The van der Waals surface area contributed by atoms with Crippen LogP contribution in [0.15, 0.2) is 54.1 Å². The molecule has 0 spiro atoms. The van der Waals surface area contributed by atoms with Crippen LogP contribution in [-0.4, -0.2) is 11.1 Å². The third-order valence-electron chi connectivity index (χ3n) is 2.44. The lowest BCUT2D eigenvalue weighted by Crippen LogP contribution is -2.02. The molecule has 0 aliphatic heterocycles. The summed E-state index contributed by atoms with van der Waals surface area (Å²) in [5.74, 6) is -0.917. The van der Waals surface area contributed by atoms with Gasteiger partial charge in [-0.3, -0.25) is 0 Å². The number of carboxylic acid groups (broad SMARTS) is 1. The second kappa shape index (κ2) is 5.31. The summed E-state index contributed by atoms with van der Waals surface area (Å²) >= 11 is 0. The fourth-order valence-electron chi connectivity index (χ4n) is 1.50. The van der Waals surface area contributed by atoms with E-state index in [4.69, 9.17) is 5.11 Å². The second-order valence-corrected chi connectivity index (χ2v) is 3.89. The Kier molecular flexibility index (Phi) is 4.06. The molecular weight excluding hydrogens is 200 g/mol. The topological polar surface area (TPSA) is 37.3 Å². The average molecular weight is 216 g/mol. The number of aliphatic carboxylic acids is 1. The Balaban J connectivity index is 3.07. The number of hydrogen-bond donors (Lipinski definition) is 1. The van der Waals surface area contributed by atoms with Crippen LogP contribution >= 0.6 is 0 Å². The quantitative estimate of drug-likeness (QED) is 0.618. The molecule has 0 bridgehead atoms. The molecule has 0 fully saturated rings. The third kappa shape index (κ3) is 3.09. The van der Waals surface area contributed by atoms with Gasteiger partial charge in [0, 0.05) is 11.5 Å². The first kappa shape index (κ1) is 12.2. The molecule has 84 valence electrons. The summed E-state index contributed by atoms with van der Waals surface area (Å²) in [4.78, 5) is 10.8. The molecule has 0 amide bonds. The van der Waals surface area contributed by atoms with Gasteiger partial charge in [-0.1, -0.05) is 48.6 Å². The monoisotopic (exact) mass is 216 g/mol. The van der Waals surface area contributed by atoms with Crippen LogP contribution in [0.3, 0.4) is 0 Å². The van der Waals surface area contributed by atoms with E-state index in [1.165, 1.54) is 0 Å². The van der Waals surface area contributed by atoms with Crippen LogP contribution in [0.2, 0.25) is 0 Å². The fraction of sp³-hybridized carbons (Fsp3) is 0.214. The molecule has 1 unspecified atom stereocenters. The molecule has 1 N–H and O–H groups in total. The zero-order valence-electron chi connectivity index (χ0n) is 9.60. The lowest BCUT2D eigenvalue weighted by atomic mass is 9.91. The van der Waals surface area contributed by atoms with E-state index in [9.17, 15) is 4.79 Å². The first-order valence-corrected chi connectivity index (χ1v) is 5.14. The normalized spacial score (nSPS) is 13.2. The van der Waals surface area contributed by atoms with E-state index in [1.807, 2.05) is 37.3 Å². The molecule has 0 aromatic heterocycles. The molecule has 0 heterocycles. The van der Waals surface area contributed by atoms with E-state index in [1.54, 1.807) is 13.0 Å². The van der Waals surface area contributed by atoms with Gasteiger partial charge in [0.1, 0.15) is 0 Å². The van der Waals surface area contributed by atoms with Crippen LogP contribution in [-0.2, 0) is 4.79 Å². The fourth-order valence-corrected chi connectivity index (χ4v) is 1.50. The molecular formula is C14H16O2. The van der Waals surface area contributed by atoms with Crippen LogP contribution in [0, 0.1) is 0 Å². The van der Waals surface area contributed by atoms with E-state index in [-0.39, 0.29) is 5.92 Å². The maximum atomic E-state index is 10.8. The van der Waals surface area contributed by atoms with E-state index < -0.39 is 5.97 Å². The Morgan fingerprint density at radius 2 is 1.88 bits per heavy atom. The van der Waals surface area contributed by atoms with Crippen molar-refractivity contribution in [1.82, 2.24) is 0 Å². The highest BCUT2D eigenvalue weighted by molar-refractivity contribution is 5.86. The summed E-state index contributed by atoms with van der Waals surface area (Å²) in [5.41, 5.74) is 2.35. The Labute approximate surface area is 95.9 Å². The third-order valence-corrected chi connectivity index (χ3v) is 2.44.